The van der Waals surface area contributed by atoms with E-state index in [1.54, 1.807) is 4.90 Å². The second-order valence-corrected chi connectivity index (χ2v) is 3.24. The van der Waals surface area contributed by atoms with Gasteiger partial charge in [-0.15, -0.1) is 0 Å². The van der Waals surface area contributed by atoms with Crippen LogP contribution in [0.5, 0.6) is 0 Å². The van der Waals surface area contributed by atoms with E-state index >= 15 is 0 Å². The van der Waals surface area contributed by atoms with Crippen LogP contribution in [-0.2, 0) is 4.79 Å². The second-order valence-electron chi connectivity index (χ2n) is 3.24. The van der Waals surface area contributed by atoms with E-state index in [9.17, 15) is 4.79 Å². The topological polar surface area (TPSA) is 32.7 Å². The fourth-order valence-electron chi connectivity index (χ4n) is 1.63. The van der Waals surface area contributed by atoms with E-state index in [0.717, 1.165) is 25.2 Å². The Bertz CT molecular complexity index is 240. The van der Waals surface area contributed by atoms with Crippen LogP contribution in [0.15, 0.2) is 4.99 Å². The Balaban J connectivity index is 2.29. The Morgan fingerprint density at radius 1 is 1.64 bits per heavy atom. The lowest BCUT2D eigenvalue weighted by molar-refractivity contribution is -0.128. The summed E-state index contributed by atoms with van der Waals surface area (Å²) in [6, 6.07) is 0. The number of amides is 1. The quantitative estimate of drug-likeness (QED) is 0.547. The van der Waals surface area contributed by atoms with Crippen molar-refractivity contribution in [2.75, 3.05) is 6.54 Å². The number of likely N-dealkylation sites (N-methyl/N-ethyl adjacent to an activating group) is 1. The molecule has 60 valence electrons. The molecule has 3 nitrogen and oxygen atoms in total. The third-order valence-corrected chi connectivity index (χ3v) is 2.45. The number of carbonyl (C=O) groups excluding carboxylic acids is 1. The van der Waals surface area contributed by atoms with Gasteiger partial charge < -0.3 is 0 Å². The van der Waals surface area contributed by atoms with Gasteiger partial charge in [0.15, 0.2) is 0 Å². The highest BCUT2D eigenvalue weighted by Gasteiger charge is 2.55. The second kappa shape index (κ2) is 1.84. The molecule has 0 aromatic heterocycles. The minimum absolute atomic E-state index is 0.220. The monoisotopic (exact) mass is 152 g/mol. The van der Waals surface area contributed by atoms with Crippen LogP contribution in [-0.4, -0.2) is 28.7 Å². The Morgan fingerprint density at radius 3 is 2.55 bits per heavy atom. The average molecular weight is 152 g/mol. The summed E-state index contributed by atoms with van der Waals surface area (Å²) >= 11 is 0. The van der Waals surface area contributed by atoms with Gasteiger partial charge in [0.1, 0.15) is 11.4 Å². The van der Waals surface area contributed by atoms with E-state index in [1.807, 2.05) is 13.8 Å². The SMILES string of the molecule is CCN1C(=O)C2(CC2)N=C1C. The lowest BCUT2D eigenvalue weighted by atomic mass is 10.3. The molecule has 0 aromatic carbocycles. The van der Waals surface area contributed by atoms with Crippen molar-refractivity contribution >= 4 is 11.7 Å². The van der Waals surface area contributed by atoms with Crippen LogP contribution in [0.2, 0.25) is 0 Å². The van der Waals surface area contributed by atoms with E-state index in [1.165, 1.54) is 0 Å². The molecule has 0 unspecified atom stereocenters. The van der Waals surface area contributed by atoms with Crippen LogP contribution in [0.3, 0.4) is 0 Å². The van der Waals surface area contributed by atoms with E-state index in [0.29, 0.717) is 0 Å². The van der Waals surface area contributed by atoms with E-state index in [4.69, 9.17) is 0 Å². The van der Waals surface area contributed by atoms with Crippen LogP contribution in [0, 0.1) is 0 Å². The fourth-order valence-corrected chi connectivity index (χ4v) is 1.63. The largest absolute Gasteiger partial charge is 0.299 e. The minimum atomic E-state index is -0.278. The van der Waals surface area contributed by atoms with Gasteiger partial charge in [0, 0.05) is 6.54 Å². The summed E-state index contributed by atoms with van der Waals surface area (Å²) in [4.78, 5) is 17.7. The number of rotatable bonds is 1. The van der Waals surface area contributed by atoms with Crippen LogP contribution in [0.1, 0.15) is 26.7 Å². The van der Waals surface area contributed by atoms with Crippen molar-refractivity contribution in [1.29, 1.82) is 0 Å². The highest BCUT2D eigenvalue weighted by Crippen LogP contribution is 2.44. The van der Waals surface area contributed by atoms with Crippen molar-refractivity contribution in [1.82, 2.24) is 4.90 Å². The maximum Gasteiger partial charge on any atom is 0.255 e. The Hall–Kier alpha value is -0.860. The minimum Gasteiger partial charge on any atom is -0.299 e. The predicted octanol–water partition coefficient (Wildman–Crippen LogP) is 0.799. The number of hydrogen-bond acceptors (Lipinski definition) is 2. The zero-order valence-electron chi connectivity index (χ0n) is 6.92. The normalized spacial score (nSPS) is 26.2. The first-order valence-corrected chi connectivity index (χ1v) is 4.08. The summed E-state index contributed by atoms with van der Waals surface area (Å²) in [5.74, 6) is 1.12. The molecule has 1 heterocycles. The van der Waals surface area contributed by atoms with Crippen molar-refractivity contribution in [2.24, 2.45) is 4.99 Å². The van der Waals surface area contributed by atoms with Gasteiger partial charge in [-0.1, -0.05) is 0 Å². The molecule has 0 bridgehead atoms. The summed E-state index contributed by atoms with van der Waals surface area (Å²) in [6.45, 7) is 4.66. The van der Waals surface area contributed by atoms with E-state index in [-0.39, 0.29) is 11.4 Å². The van der Waals surface area contributed by atoms with Crippen molar-refractivity contribution < 1.29 is 4.79 Å². The van der Waals surface area contributed by atoms with Gasteiger partial charge in [0.05, 0.1) is 0 Å². The van der Waals surface area contributed by atoms with E-state index in [2.05, 4.69) is 4.99 Å². The molecule has 1 aliphatic carbocycles. The standard InChI is InChI=1S/C8H12N2O/c1-3-10-6(2)9-8(4-5-8)7(10)11/h3-5H2,1-2H3. The summed E-state index contributed by atoms with van der Waals surface area (Å²) in [5.41, 5.74) is -0.278. The first-order valence-electron chi connectivity index (χ1n) is 4.08. The molecule has 1 aliphatic heterocycles. The van der Waals surface area contributed by atoms with Crippen LogP contribution in [0.4, 0.5) is 0 Å². The molecule has 1 fully saturated rings. The Labute approximate surface area is 66.1 Å². The fraction of sp³-hybridized carbons (Fsp3) is 0.750. The molecule has 0 aromatic rings. The number of aliphatic imine (C=N–C) groups is 1. The lowest BCUT2D eigenvalue weighted by Gasteiger charge is -2.13. The molecule has 0 saturated heterocycles. The molecule has 0 radical (unpaired) electrons. The predicted molar refractivity (Wildman–Crippen MR) is 42.5 cm³/mol. The van der Waals surface area contributed by atoms with Gasteiger partial charge in [-0.05, 0) is 26.7 Å². The molecule has 1 saturated carbocycles. The van der Waals surface area contributed by atoms with E-state index < -0.39 is 0 Å². The van der Waals surface area contributed by atoms with Gasteiger partial charge in [-0.25, -0.2) is 0 Å². The Kier molecular flexibility index (Phi) is 1.14. The molecular weight excluding hydrogens is 140 g/mol. The summed E-state index contributed by atoms with van der Waals surface area (Å²) in [6.07, 6.45) is 1.92. The van der Waals surface area contributed by atoms with Crippen molar-refractivity contribution in [3.05, 3.63) is 0 Å². The molecule has 2 aliphatic rings. The summed E-state index contributed by atoms with van der Waals surface area (Å²) < 4.78 is 0. The van der Waals surface area contributed by atoms with Crippen molar-refractivity contribution in [2.45, 2.75) is 32.2 Å². The van der Waals surface area contributed by atoms with Gasteiger partial charge in [0.25, 0.3) is 5.91 Å². The number of amidine groups is 1. The summed E-state index contributed by atoms with van der Waals surface area (Å²) in [7, 11) is 0. The molecule has 1 spiro atoms. The van der Waals surface area contributed by atoms with Crippen LogP contribution < -0.4 is 0 Å². The molecule has 2 rings (SSSR count). The van der Waals surface area contributed by atoms with Gasteiger partial charge >= 0.3 is 0 Å². The zero-order chi connectivity index (χ0) is 8.06. The Morgan fingerprint density at radius 2 is 2.27 bits per heavy atom. The summed E-state index contributed by atoms with van der Waals surface area (Å²) in [5, 5.41) is 0. The zero-order valence-corrected chi connectivity index (χ0v) is 6.92. The average Bonchev–Trinajstić information content (AvgIpc) is 2.65. The van der Waals surface area contributed by atoms with Gasteiger partial charge in [-0.3, -0.25) is 14.7 Å². The smallest absolute Gasteiger partial charge is 0.255 e. The molecule has 0 N–H and O–H groups in total. The molecule has 1 amide bonds. The van der Waals surface area contributed by atoms with Crippen LogP contribution in [0.25, 0.3) is 0 Å². The first kappa shape index (κ1) is 6.83. The third-order valence-electron chi connectivity index (χ3n) is 2.45. The van der Waals surface area contributed by atoms with Gasteiger partial charge in [0.2, 0.25) is 0 Å². The molecule has 3 heteroatoms. The number of carbonyl (C=O) groups is 1. The molecule has 11 heavy (non-hydrogen) atoms. The number of nitrogens with zero attached hydrogens (tertiary/aromatic N) is 2. The maximum atomic E-state index is 11.5. The van der Waals surface area contributed by atoms with Crippen molar-refractivity contribution in [3.63, 3.8) is 0 Å². The molecular formula is C8H12N2O. The van der Waals surface area contributed by atoms with Crippen molar-refractivity contribution in [3.8, 4) is 0 Å². The first-order chi connectivity index (χ1) is 5.19. The molecule has 0 atom stereocenters. The lowest BCUT2D eigenvalue weighted by Crippen LogP contribution is -2.34. The number of hydrogen-bond donors (Lipinski definition) is 0. The highest BCUT2D eigenvalue weighted by molar-refractivity contribution is 6.08. The third kappa shape index (κ3) is 0.737. The van der Waals surface area contributed by atoms with Gasteiger partial charge in [-0.2, -0.15) is 0 Å². The van der Waals surface area contributed by atoms with Crippen LogP contribution >= 0.6 is 0 Å². The highest BCUT2D eigenvalue weighted by atomic mass is 16.2. The maximum absolute atomic E-state index is 11.5.